The van der Waals surface area contributed by atoms with Crippen molar-refractivity contribution in [2.45, 2.75) is 6.10 Å². The molecule has 0 aromatic heterocycles. The van der Waals surface area contributed by atoms with Crippen molar-refractivity contribution in [2.24, 2.45) is 0 Å². The van der Waals surface area contributed by atoms with Crippen LogP contribution in [0.1, 0.15) is 5.56 Å². The molecule has 21 heavy (non-hydrogen) atoms. The van der Waals surface area contributed by atoms with Gasteiger partial charge in [-0.2, -0.15) is 0 Å². The third-order valence-corrected chi connectivity index (χ3v) is 3.15. The van der Waals surface area contributed by atoms with Gasteiger partial charge in [0.2, 0.25) is 0 Å². The molecule has 2 aromatic rings. The van der Waals surface area contributed by atoms with E-state index in [0.717, 1.165) is 11.3 Å². The quantitative estimate of drug-likeness (QED) is 0.637. The highest BCUT2D eigenvalue weighted by molar-refractivity contribution is 5.59. The zero-order valence-electron chi connectivity index (χ0n) is 11.1. The summed E-state index contributed by atoms with van der Waals surface area (Å²) >= 11 is 0. The number of non-ortho nitro benzene ring substituents is 1. The van der Waals surface area contributed by atoms with E-state index in [4.69, 9.17) is 9.47 Å². The lowest BCUT2D eigenvalue weighted by Gasteiger charge is -2.21. The molecule has 0 saturated carbocycles. The smallest absolute Gasteiger partial charge is 0.269 e. The monoisotopic (exact) mass is 283 g/mol. The molecule has 1 aliphatic heterocycles. The highest BCUT2D eigenvalue weighted by atomic mass is 16.6. The van der Waals surface area contributed by atoms with Crippen molar-refractivity contribution in [3.05, 3.63) is 70.3 Å². The summed E-state index contributed by atoms with van der Waals surface area (Å²) in [5.74, 6) is 1.41. The van der Waals surface area contributed by atoms with Gasteiger partial charge in [-0.05, 0) is 24.3 Å². The number of benzene rings is 2. The maximum absolute atomic E-state index is 10.6. The van der Waals surface area contributed by atoms with Crippen molar-refractivity contribution >= 4 is 11.8 Å². The van der Waals surface area contributed by atoms with Gasteiger partial charge < -0.3 is 9.47 Å². The Hall–Kier alpha value is -2.82. The van der Waals surface area contributed by atoms with Gasteiger partial charge in [-0.3, -0.25) is 10.1 Å². The third-order valence-electron chi connectivity index (χ3n) is 3.15. The van der Waals surface area contributed by atoms with Gasteiger partial charge in [0.15, 0.2) is 6.10 Å². The van der Waals surface area contributed by atoms with Crippen molar-refractivity contribution in [3.63, 3.8) is 0 Å². The minimum absolute atomic E-state index is 0.0464. The fraction of sp³-hybridized carbons (Fsp3) is 0.125. The fourth-order valence-electron chi connectivity index (χ4n) is 2.07. The number of hydrogen-bond acceptors (Lipinski definition) is 4. The molecule has 1 atom stereocenters. The number of rotatable bonds is 4. The summed E-state index contributed by atoms with van der Waals surface area (Å²) in [5, 5.41) is 10.6. The Balaban J connectivity index is 1.60. The minimum atomic E-state index is -0.437. The highest BCUT2D eigenvalue weighted by Gasteiger charge is 2.15. The topological polar surface area (TPSA) is 61.6 Å². The Bertz CT molecular complexity index is 679. The van der Waals surface area contributed by atoms with Crippen LogP contribution < -0.4 is 9.47 Å². The molecule has 1 unspecified atom stereocenters. The van der Waals surface area contributed by atoms with Crippen molar-refractivity contribution < 1.29 is 14.4 Å². The molecule has 0 N–H and O–H groups in total. The molecule has 0 fully saturated rings. The summed E-state index contributed by atoms with van der Waals surface area (Å²) in [6.07, 6.45) is 3.77. The van der Waals surface area contributed by atoms with Crippen LogP contribution in [0, 0.1) is 10.1 Å². The lowest BCUT2D eigenvalue weighted by Crippen LogP contribution is -2.24. The van der Waals surface area contributed by atoms with Crippen LogP contribution in [0.3, 0.4) is 0 Å². The first-order valence-corrected chi connectivity index (χ1v) is 6.53. The van der Waals surface area contributed by atoms with Gasteiger partial charge in [-0.25, -0.2) is 0 Å². The van der Waals surface area contributed by atoms with E-state index < -0.39 is 4.92 Å². The normalized spacial score (nSPS) is 15.9. The van der Waals surface area contributed by atoms with Crippen molar-refractivity contribution in [3.8, 4) is 11.5 Å². The molecule has 5 nitrogen and oxygen atoms in total. The second kappa shape index (κ2) is 5.66. The fourth-order valence-corrected chi connectivity index (χ4v) is 2.07. The van der Waals surface area contributed by atoms with Gasteiger partial charge in [0, 0.05) is 17.7 Å². The lowest BCUT2D eigenvalue weighted by atomic mass is 10.1. The number of hydrogen-bond donors (Lipinski definition) is 0. The first kappa shape index (κ1) is 13.2. The van der Waals surface area contributed by atoms with E-state index in [9.17, 15) is 10.1 Å². The average Bonchev–Trinajstić information content (AvgIpc) is 2.53. The Morgan fingerprint density at radius 1 is 1.14 bits per heavy atom. The summed E-state index contributed by atoms with van der Waals surface area (Å²) in [7, 11) is 0. The molecule has 5 heteroatoms. The molecule has 0 bridgehead atoms. The first-order chi connectivity index (χ1) is 10.2. The van der Waals surface area contributed by atoms with Crippen LogP contribution >= 0.6 is 0 Å². The molecule has 0 saturated heterocycles. The molecule has 0 aliphatic carbocycles. The van der Waals surface area contributed by atoms with E-state index >= 15 is 0 Å². The molecule has 2 aromatic carbocycles. The molecular formula is C16H13NO4. The second-order valence-electron chi connectivity index (χ2n) is 4.62. The number of nitrogens with zero attached hydrogens (tertiary/aromatic N) is 1. The van der Waals surface area contributed by atoms with E-state index in [1.165, 1.54) is 12.1 Å². The Morgan fingerprint density at radius 3 is 2.67 bits per heavy atom. The van der Waals surface area contributed by atoms with Crippen LogP contribution in [0.5, 0.6) is 11.5 Å². The van der Waals surface area contributed by atoms with Crippen LogP contribution in [0.4, 0.5) is 5.69 Å². The Kier molecular flexibility index (Phi) is 3.55. The zero-order valence-corrected chi connectivity index (χ0v) is 11.1. The van der Waals surface area contributed by atoms with E-state index in [1.807, 2.05) is 36.4 Å². The predicted octanol–water partition coefficient (Wildman–Crippen LogP) is 3.45. The Morgan fingerprint density at radius 2 is 1.90 bits per heavy atom. The summed E-state index contributed by atoms with van der Waals surface area (Å²) in [6, 6.07) is 13.8. The van der Waals surface area contributed by atoms with Gasteiger partial charge >= 0.3 is 0 Å². The van der Waals surface area contributed by atoms with E-state index in [2.05, 4.69) is 0 Å². The number of ether oxygens (including phenoxy) is 2. The minimum Gasteiger partial charge on any atom is -0.489 e. The van der Waals surface area contributed by atoms with E-state index in [-0.39, 0.29) is 11.8 Å². The van der Waals surface area contributed by atoms with Gasteiger partial charge in [-0.15, -0.1) is 0 Å². The molecule has 0 spiro atoms. The standard InChI is InChI=1S/C16H13NO4/c18-17(19)13-6-9-14(10-7-13)20-11-15-8-5-12-3-1-2-4-16(12)21-15/h1-10,15H,11H2. The van der Waals surface area contributed by atoms with Crippen LogP contribution in [-0.4, -0.2) is 17.6 Å². The predicted molar refractivity (Wildman–Crippen MR) is 78.5 cm³/mol. The summed E-state index contributed by atoms with van der Waals surface area (Å²) < 4.78 is 11.4. The van der Waals surface area contributed by atoms with Gasteiger partial charge in [0.1, 0.15) is 18.1 Å². The van der Waals surface area contributed by atoms with Crippen LogP contribution in [0.15, 0.2) is 54.6 Å². The number of nitro benzene ring substituents is 1. The second-order valence-corrected chi connectivity index (χ2v) is 4.62. The number of para-hydroxylation sites is 1. The zero-order chi connectivity index (χ0) is 14.7. The summed E-state index contributed by atoms with van der Waals surface area (Å²) in [4.78, 5) is 10.1. The molecule has 1 heterocycles. The van der Waals surface area contributed by atoms with Crippen LogP contribution in [-0.2, 0) is 0 Å². The maximum atomic E-state index is 10.6. The molecule has 106 valence electrons. The Labute approximate surface area is 121 Å². The van der Waals surface area contributed by atoms with Crippen LogP contribution in [0.2, 0.25) is 0 Å². The largest absolute Gasteiger partial charge is 0.489 e. The molecule has 3 rings (SSSR count). The molecule has 0 radical (unpaired) electrons. The third kappa shape index (κ3) is 3.02. The number of fused-ring (bicyclic) bond motifs is 1. The van der Waals surface area contributed by atoms with Gasteiger partial charge in [0.25, 0.3) is 5.69 Å². The van der Waals surface area contributed by atoms with Crippen molar-refractivity contribution in [2.75, 3.05) is 6.61 Å². The maximum Gasteiger partial charge on any atom is 0.269 e. The lowest BCUT2D eigenvalue weighted by molar-refractivity contribution is -0.384. The van der Waals surface area contributed by atoms with Crippen molar-refractivity contribution in [1.29, 1.82) is 0 Å². The molecule has 0 amide bonds. The van der Waals surface area contributed by atoms with E-state index in [1.54, 1.807) is 12.1 Å². The number of nitro groups is 1. The van der Waals surface area contributed by atoms with E-state index in [0.29, 0.717) is 12.4 Å². The first-order valence-electron chi connectivity index (χ1n) is 6.53. The molecular weight excluding hydrogens is 270 g/mol. The van der Waals surface area contributed by atoms with Crippen molar-refractivity contribution in [1.82, 2.24) is 0 Å². The van der Waals surface area contributed by atoms with Gasteiger partial charge in [0.05, 0.1) is 4.92 Å². The summed E-state index contributed by atoms with van der Waals surface area (Å²) in [6.45, 7) is 0.350. The summed E-state index contributed by atoms with van der Waals surface area (Å²) in [5.41, 5.74) is 1.09. The average molecular weight is 283 g/mol. The SMILES string of the molecule is O=[N+]([O-])c1ccc(OCC2C=Cc3ccccc3O2)cc1. The van der Waals surface area contributed by atoms with Crippen LogP contribution in [0.25, 0.3) is 6.08 Å². The highest BCUT2D eigenvalue weighted by Crippen LogP contribution is 2.26. The van der Waals surface area contributed by atoms with Gasteiger partial charge in [-0.1, -0.05) is 24.3 Å². The molecule has 1 aliphatic rings.